The Morgan fingerprint density at radius 3 is 2.73 bits per heavy atom. The normalized spacial score (nSPS) is 16.4. The first-order valence-electron chi connectivity index (χ1n) is 12.4. The highest BCUT2D eigenvalue weighted by Crippen LogP contribution is 2.31. The summed E-state index contributed by atoms with van der Waals surface area (Å²) in [6.07, 6.45) is 3.34. The molecule has 10 heteroatoms. The van der Waals surface area contributed by atoms with Crippen molar-refractivity contribution in [2.45, 2.75) is 31.5 Å². The first-order chi connectivity index (χ1) is 18.0. The molecule has 0 spiro atoms. The Morgan fingerprint density at radius 2 is 1.97 bits per heavy atom. The molecule has 1 fully saturated rings. The van der Waals surface area contributed by atoms with Gasteiger partial charge in [-0.1, -0.05) is 54.1 Å². The van der Waals surface area contributed by atoms with Crippen LogP contribution in [0, 0.1) is 0 Å². The van der Waals surface area contributed by atoms with Gasteiger partial charge in [-0.05, 0) is 30.0 Å². The summed E-state index contributed by atoms with van der Waals surface area (Å²) in [6.45, 7) is 1.98. The summed E-state index contributed by atoms with van der Waals surface area (Å²) in [6, 6.07) is 15.0. The van der Waals surface area contributed by atoms with Crippen molar-refractivity contribution in [2.24, 2.45) is 5.73 Å². The average molecular weight is 521 g/mol. The van der Waals surface area contributed by atoms with Crippen LogP contribution < -0.4 is 16.4 Å². The smallest absolute Gasteiger partial charge is 0.254 e. The number of ether oxygens (including phenoxy) is 1. The summed E-state index contributed by atoms with van der Waals surface area (Å²) in [4.78, 5) is 36.4. The van der Waals surface area contributed by atoms with E-state index < -0.39 is 0 Å². The van der Waals surface area contributed by atoms with Crippen LogP contribution in [0.5, 0.6) is 0 Å². The Labute approximate surface area is 220 Å². The van der Waals surface area contributed by atoms with Gasteiger partial charge in [-0.2, -0.15) is 0 Å². The molecule has 2 aliphatic rings. The number of hydrogen-bond acceptors (Lipinski definition) is 7. The zero-order valence-electron chi connectivity index (χ0n) is 20.3. The molecule has 2 amide bonds. The van der Waals surface area contributed by atoms with Crippen LogP contribution >= 0.6 is 11.6 Å². The molecule has 0 saturated carbocycles. The minimum atomic E-state index is -0.316. The second-order valence-corrected chi connectivity index (χ2v) is 9.63. The van der Waals surface area contributed by atoms with Gasteiger partial charge < -0.3 is 26.0 Å². The third kappa shape index (κ3) is 5.74. The van der Waals surface area contributed by atoms with Crippen LogP contribution in [0.25, 0.3) is 11.3 Å². The van der Waals surface area contributed by atoms with E-state index in [1.54, 1.807) is 12.3 Å². The molecule has 2 aliphatic heterocycles. The zero-order valence-corrected chi connectivity index (χ0v) is 21.1. The van der Waals surface area contributed by atoms with Crippen molar-refractivity contribution in [3.05, 3.63) is 76.4 Å². The van der Waals surface area contributed by atoms with E-state index in [0.717, 1.165) is 24.0 Å². The van der Waals surface area contributed by atoms with E-state index in [1.165, 1.54) is 4.90 Å². The molecule has 3 aromatic rings. The fraction of sp³-hybridized carbons (Fsp3) is 0.333. The molecule has 4 N–H and O–H groups in total. The van der Waals surface area contributed by atoms with Gasteiger partial charge >= 0.3 is 0 Å². The number of aromatic nitrogens is 2. The highest BCUT2D eigenvalue weighted by Gasteiger charge is 2.30. The van der Waals surface area contributed by atoms with Crippen molar-refractivity contribution in [1.82, 2.24) is 20.2 Å². The predicted octanol–water partition coefficient (Wildman–Crippen LogP) is 3.16. The Kier molecular flexibility index (Phi) is 7.64. The topological polar surface area (TPSA) is 122 Å². The third-order valence-electron chi connectivity index (χ3n) is 6.67. The molecule has 5 rings (SSSR count). The van der Waals surface area contributed by atoms with Crippen LogP contribution in [-0.4, -0.2) is 59.0 Å². The van der Waals surface area contributed by atoms with Gasteiger partial charge in [0.15, 0.2) is 0 Å². The fourth-order valence-corrected chi connectivity index (χ4v) is 4.88. The molecule has 1 atom stereocenters. The number of nitrogens with zero attached hydrogens (tertiary/aromatic N) is 3. The predicted molar refractivity (Wildman–Crippen MR) is 141 cm³/mol. The molecule has 0 radical (unpaired) electrons. The van der Waals surface area contributed by atoms with Gasteiger partial charge in [-0.25, -0.2) is 9.97 Å². The lowest BCUT2D eigenvalue weighted by atomic mass is 10.0. The lowest BCUT2D eigenvalue weighted by Gasteiger charge is -2.23. The number of amides is 2. The minimum absolute atomic E-state index is 0.0559. The van der Waals surface area contributed by atoms with E-state index in [0.29, 0.717) is 47.6 Å². The highest BCUT2D eigenvalue weighted by molar-refractivity contribution is 6.33. The van der Waals surface area contributed by atoms with Gasteiger partial charge in [0.05, 0.1) is 23.0 Å². The number of halogens is 1. The van der Waals surface area contributed by atoms with Crippen LogP contribution in [0.15, 0.2) is 54.7 Å². The Bertz CT molecular complexity index is 1280. The number of carbonyl (C=O) groups is 2. The van der Waals surface area contributed by atoms with Gasteiger partial charge in [0.25, 0.3) is 5.91 Å². The first kappa shape index (κ1) is 25.1. The molecule has 3 heterocycles. The lowest BCUT2D eigenvalue weighted by molar-refractivity contribution is -0.122. The largest absolute Gasteiger partial charge is 0.381 e. The average Bonchev–Trinajstić information content (AvgIpc) is 3.23. The Morgan fingerprint density at radius 1 is 1.19 bits per heavy atom. The van der Waals surface area contributed by atoms with E-state index in [2.05, 4.69) is 20.6 Å². The molecule has 1 aromatic heterocycles. The number of nitrogens with two attached hydrogens (primary N) is 1. The molecular formula is C27H29ClN6O3. The zero-order chi connectivity index (χ0) is 25.8. The lowest BCUT2D eigenvalue weighted by Crippen LogP contribution is -2.41. The van der Waals surface area contributed by atoms with E-state index in [-0.39, 0.29) is 37.0 Å². The maximum absolute atomic E-state index is 13.2. The second-order valence-electron chi connectivity index (χ2n) is 9.22. The summed E-state index contributed by atoms with van der Waals surface area (Å²) >= 11 is 6.44. The first-order valence-corrected chi connectivity index (χ1v) is 12.7. The maximum atomic E-state index is 13.2. The summed E-state index contributed by atoms with van der Waals surface area (Å²) in [5, 5.41) is 6.68. The number of fused-ring (bicyclic) bond motifs is 1. The molecule has 0 aliphatic carbocycles. The number of nitrogens with one attached hydrogen (secondary N) is 2. The van der Waals surface area contributed by atoms with E-state index in [4.69, 9.17) is 22.1 Å². The Balaban J connectivity index is 1.28. The van der Waals surface area contributed by atoms with Gasteiger partial charge in [-0.15, -0.1) is 0 Å². The molecule has 1 unspecified atom stereocenters. The monoisotopic (exact) mass is 520 g/mol. The van der Waals surface area contributed by atoms with Crippen molar-refractivity contribution in [1.29, 1.82) is 0 Å². The highest BCUT2D eigenvalue weighted by atomic mass is 35.5. The summed E-state index contributed by atoms with van der Waals surface area (Å²) in [7, 11) is 0. The van der Waals surface area contributed by atoms with E-state index >= 15 is 0 Å². The van der Waals surface area contributed by atoms with Gasteiger partial charge in [-0.3, -0.25) is 9.59 Å². The van der Waals surface area contributed by atoms with Crippen LogP contribution in [0.3, 0.4) is 0 Å². The SMILES string of the molecule is NCC(NC(=O)CN1Cc2ccc(-c3nc(NC4CCOCC4)ncc3Cl)cc2C1=O)c1ccccc1. The van der Waals surface area contributed by atoms with Crippen LogP contribution in [0.1, 0.15) is 40.4 Å². The molecule has 2 aromatic carbocycles. The van der Waals surface area contributed by atoms with Crippen molar-refractivity contribution in [3.8, 4) is 11.3 Å². The summed E-state index contributed by atoms with van der Waals surface area (Å²) in [5.74, 6) is 0.0226. The minimum Gasteiger partial charge on any atom is -0.381 e. The van der Waals surface area contributed by atoms with Crippen LogP contribution in [-0.2, 0) is 16.1 Å². The second kappa shape index (κ2) is 11.2. The quantitative estimate of drug-likeness (QED) is 0.417. The van der Waals surface area contributed by atoms with Crippen molar-refractivity contribution < 1.29 is 14.3 Å². The maximum Gasteiger partial charge on any atom is 0.254 e. The molecule has 192 valence electrons. The number of benzene rings is 2. The number of rotatable bonds is 8. The third-order valence-corrected chi connectivity index (χ3v) is 6.94. The van der Waals surface area contributed by atoms with Crippen LogP contribution in [0.4, 0.5) is 5.95 Å². The van der Waals surface area contributed by atoms with Gasteiger partial charge in [0.2, 0.25) is 11.9 Å². The van der Waals surface area contributed by atoms with Gasteiger partial charge in [0, 0.05) is 43.5 Å². The van der Waals surface area contributed by atoms with Crippen molar-refractivity contribution in [2.75, 3.05) is 31.6 Å². The number of anilines is 1. The van der Waals surface area contributed by atoms with Crippen molar-refractivity contribution >= 4 is 29.4 Å². The molecule has 0 bridgehead atoms. The molecule has 37 heavy (non-hydrogen) atoms. The number of hydrogen-bond donors (Lipinski definition) is 3. The fourth-order valence-electron chi connectivity index (χ4n) is 4.68. The molecule has 9 nitrogen and oxygen atoms in total. The summed E-state index contributed by atoms with van der Waals surface area (Å²) < 4.78 is 5.41. The standard InChI is InChI=1S/C27H29ClN6O3/c28-22-14-30-27(31-20-8-10-37-11-9-20)33-25(22)18-6-7-19-15-34(26(36)21(19)12-18)16-24(35)32-23(13-29)17-4-2-1-3-5-17/h1-7,12,14,20,23H,8-11,13,15-16,29H2,(H,32,35)(H,30,31,33). The van der Waals surface area contributed by atoms with Gasteiger partial charge in [0.1, 0.15) is 6.54 Å². The molecular weight excluding hydrogens is 492 g/mol. The molecule has 1 saturated heterocycles. The van der Waals surface area contributed by atoms with Crippen LogP contribution in [0.2, 0.25) is 5.02 Å². The Hall–Kier alpha value is -3.53. The number of carbonyl (C=O) groups excluding carboxylic acids is 2. The summed E-state index contributed by atoms with van der Waals surface area (Å²) in [5.41, 5.74) is 9.46. The van der Waals surface area contributed by atoms with E-state index in [1.807, 2.05) is 42.5 Å². The van der Waals surface area contributed by atoms with E-state index in [9.17, 15) is 9.59 Å². The van der Waals surface area contributed by atoms with Crippen molar-refractivity contribution in [3.63, 3.8) is 0 Å².